The van der Waals surface area contributed by atoms with E-state index in [0.29, 0.717) is 0 Å². The van der Waals surface area contributed by atoms with Gasteiger partial charge in [-0.25, -0.2) is 4.79 Å². The lowest BCUT2D eigenvalue weighted by molar-refractivity contribution is -0.384. The average Bonchev–Trinajstić information content (AvgIpc) is 2.79. The lowest BCUT2D eigenvalue weighted by atomic mass is 10.1. The van der Waals surface area contributed by atoms with Crippen molar-refractivity contribution < 1.29 is 29.4 Å². The van der Waals surface area contributed by atoms with Crippen LogP contribution < -0.4 is 0 Å². The molecule has 1 heterocycles. The van der Waals surface area contributed by atoms with Gasteiger partial charge in [-0.05, 0) is 12.1 Å². The zero-order valence-corrected chi connectivity index (χ0v) is 10.3. The summed E-state index contributed by atoms with van der Waals surface area (Å²) >= 11 is 0. The number of esters is 1. The molecule has 0 aromatic heterocycles. The summed E-state index contributed by atoms with van der Waals surface area (Å²) in [4.78, 5) is 21.8. The molecule has 8 heteroatoms. The maximum atomic E-state index is 11.8. The number of carbonyl (C=O) groups excluding carboxylic acids is 1. The standard InChI is InChI=1S/C12H13NO7/c14-5-10-11(9(15)6-19-10)20-12(16)7-1-3-8(4-2-7)13(17)18/h1-4,9-11,14-15H,5-6H2/t9-,10-,11+/m1/s1. The number of non-ortho nitro benzene ring substituents is 1. The van der Waals surface area contributed by atoms with Crippen molar-refractivity contribution in [3.8, 4) is 0 Å². The molecular formula is C12H13NO7. The minimum Gasteiger partial charge on any atom is -0.453 e. The Hall–Kier alpha value is -2.03. The van der Waals surface area contributed by atoms with E-state index in [9.17, 15) is 20.0 Å². The SMILES string of the molecule is O=C(O[C@H]1[C@H](O)CO[C@@H]1CO)c1ccc([N+](=O)[O-])cc1. The van der Waals surface area contributed by atoms with E-state index in [0.717, 1.165) is 0 Å². The highest BCUT2D eigenvalue weighted by Crippen LogP contribution is 2.20. The Morgan fingerprint density at radius 2 is 2.10 bits per heavy atom. The maximum Gasteiger partial charge on any atom is 0.338 e. The molecule has 1 aliphatic rings. The molecule has 0 amide bonds. The van der Waals surface area contributed by atoms with Crippen molar-refractivity contribution in [2.24, 2.45) is 0 Å². The van der Waals surface area contributed by atoms with Gasteiger partial charge in [0.15, 0.2) is 6.10 Å². The highest BCUT2D eigenvalue weighted by Gasteiger charge is 2.39. The van der Waals surface area contributed by atoms with Gasteiger partial charge in [0.05, 0.1) is 23.7 Å². The third-order valence-corrected chi connectivity index (χ3v) is 2.96. The Labute approximate surface area is 113 Å². The van der Waals surface area contributed by atoms with Crippen LogP contribution in [-0.4, -0.2) is 52.6 Å². The summed E-state index contributed by atoms with van der Waals surface area (Å²) in [6.07, 6.45) is -2.73. The van der Waals surface area contributed by atoms with Crippen molar-refractivity contribution in [3.05, 3.63) is 39.9 Å². The van der Waals surface area contributed by atoms with Gasteiger partial charge >= 0.3 is 5.97 Å². The summed E-state index contributed by atoms with van der Waals surface area (Å²) in [5, 5.41) is 29.1. The third-order valence-electron chi connectivity index (χ3n) is 2.96. The Balaban J connectivity index is 2.06. The van der Waals surface area contributed by atoms with Crippen LogP contribution in [0.4, 0.5) is 5.69 Å². The minimum atomic E-state index is -1.01. The van der Waals surface area contributed by atoms with Crippen molar-refractivity contribution in [2.45, 2.75) is 18.3 Å². The number of carbonyl (C=O) groups is 1. The van der Waals surface area contributed by atoms with Crippen LogP contribution in [0.3, 0.4) is 0 Å². The van der Waals surface area contributed by atoms with Gasteiger partial charge in [-0.3, -0.25) is 10.1 Å². The first-order chi connectivity index (χ1) is 9.52. The van der Waals surface area contributed by atoms with Gasteiger partial charge in [-0.15, -0.1) is 0 Å². The van der Waals surface area contributed by atoms with Crippen LogP contribution in [0.1, 0.15) is 10.4 Å². The third kappa shape index (κ3) is 2.93. The molecule has 108 valence electrons. The molecule has 0 spiro atoms. The molecule has 3 atom stereocenters. The molecular weight excluding hydrogens is 270 g/mol. The van der Waals surface area contributed by atoms with E-state index >= 15 is 0 Å². The van der Waals surface area contributed by atoms with E-state index in [1.54, 1.807) is 0 Å². The number of benzene rings is 1. The lowest BCUT2D eigenvalue weighted by Crippen LogP contribution is -2.37. The summed E-state index contributed by atoms with van der Waals surface area (Å²) in [6.45, 7) is -0.404. The molecule has 0 radical (unpaired) electrons. The van der Waals surface area contributed by atoms with Crippen LogP contribution in [0.2, 0.25) is 0 Å². The number of hydrogen-bond donors (Lipinski definition) is 2. The molecule has 1 aromatic rings. The van der Waals surface area contributed by atoms with E-state index in [1.165, 1.54) is 24.3 Å². The van der Waals surface area contributed by atoms with Crippen LogP contribution >= 0.6 is 0 Å². The van der Waals surface area contributed by atoms with Gasteiger partial charge in [0.1, 0.15) is 12.2 Å². The molecule has 1 aromatic carbocycles. The van der Waals surface area contributed by atoms with Gasteiger partial charge in [0, 0.05) is 12.1 Å². The zero-order valence-electron chi connectivity index (χ0n) is 10.3. The second-order valence-electron chi connectivity index (χ2n) is 4.30. The molecule has 2 N–H and O–H groups in total. The summed E-state index contributed by atoms with van der Waals surface area (Å²) < 4.78 is 10.1. The molecule has 0 aliphatic carbocycles. The number of aliphatic hydroxyl groups excluding tert-OH is 2. The maximum absolute atomic E-state index is 11.8. The topological polar surface area (TPSA) is 119 Å². The molecule has 1 fully saturated rings. The molecule has 0 saturated carbocycles. The quantitative estimate of drug-likeness (QED) is 0.449. The number of ether oxygens (including phenoxy) is 2. The summed E-state index contributed by atoms with van der Waals surface area (Å²) in [7, 11) is 0. The summed E-state index contributed by atoms with van der Waals surface area (Å²) in [5.41, 5.74) is -0.0228. The smallest absolute Gasteiger partial charge is 0.338 e. The Morgan fingerprint density at radius 1 is 1.45 bits per heavy atom. The van der Waals surface area contributed by atoms with Crippen LogP contribution in [0.25, 0.3) is 0 Å². The van der Waals surface area contributed by atoms with Gasteiger partial charge in [-0.2, -0.15) is 0 Å². The minimum absolute atomic E-state index is 0.0244. The van der Waals surface area contributed by atoms with E-state index in [1.807, 2.05) is 0 Å². The van der Waals surface area contributed by atoms with E-state index < -0.39 is 29.2 Å². The predicted octanol–water partition coefficient (Wildman–Crippen LogP) is -0.128. The van der Waals surface area contributed by atoms with Crippen LogP contribution in [0, 0.1) is 10.1 Å². The first-order valence-electron chi connectivity index (χ1n) is 5.89. The molecule has 8 nitrogen and oxygen atoms in total. The number of nitro groups is 1. The van der Waals surface area contributed by atoms with Gasteiger partial charge in [0.25, 0.3) is 5.69 Å². The molecule has 1 saturated heterocycles. The van der Waals surface area contributed by atoms with Crippen LogP contribution in [0.15, 0.2) is 24.3 Å². The molecule has 2 rings (SSSR count). The predicted molar refractivity (Wildman–Crippen MR) is 65.1 cm³/mol. The lowest BCUT2D eigenvalue weighted by Gasteiger charge is -2.19. The Kier molecular flexibility index (Phi) is 4.28. The van der Waals surface area contributed by atoms with Crippen molar-refractivity contribution in [1.29, 1.82) is 0 Å². The van der Waals surface area contributed by atoms with Crippen molar-refractivity contribution in [3.63, 3.8) is 0 Å². The number of aliphatic hydroxyl groups is 2. The highest BCUT2D eigenvalue weighted by molar-refractivity contribution is 5.89. The number of nitro benzene ring substituents is 1. The number of nitrogens with zero attached hydrogens (tertiary/aromatic N) is 1. The van der Waals surface area contributed by atoms with Crippen molar-refractivity contribution >= 4 is 11.7 Å². The van der Waals surface area contributed by atoms with E-state index in [2.05, 4.69) is 0 Å². The monoisotopic (exact) mass is 283 g/mol. The normalized spacial score (nSPS) is 25.4. The largest absolute Gasteiger partial charge is 0.453 e. The second-order valence-corrected chi connectivity index (χ2v) is 4.30. The zero-order chi connectivity index (χ0) is 14.7. The average molecular weight is 283 g/mol. The van der Waals surface area contributed by atoms with E-state index in [4.69, 9.17) is 14.6 Å². The van der Waals surface area contributed by atoms with Gasteiger partial charge in [-0.1, -0.05) is 0 Å². The fourth-order valence-electron chi connectivity index (χ4n) is 1.88. The van der Waals surface area contributed by atoms with Crippen LogP contribution in [0.5, 0.6) is 0 Å². The van der Waals surface area contributed by atoms with Crippen molar-refractivity contribution in [2.75, 3.05) is 13.2 Å². The number of hydrogen-bond acceptors (Lipinski definition) is 7. The van der Waals surface area contributed by atoms with Crippen molar-refractivity contribution in [1.82, 2.24) is 0 Å². The highest BCUT2D eigenvalue weighted by atomic mass is 16.6. The Bertz CT molecular complexity index is 501. The Morgan fingerprint density at radius 3 is 2.65 bits per heavy atom. The molecule has 0 bridgehead atoms. The first kappa shape index (κ1) is 14.4. The summed E-state index contributed by atoms with van der Waals surface area (Å²) in [5.74, 6) is -0.743. The molecule has 0 unspecified atom stereocenters. The van der Waals surface area contributed by atoms with E-state index in [-0.39, 0.29) is 24.5 Å². The van der Waals surface area contributed by atoms with Gasteiger partial charge in [0.2, 0.25) is 0 Å². The number of rotatable bonds is 4. The molecule has 20 heavy (non-hydrogen) atoms. The van der Waals surface area contributed by atoms with Crippen LogP contribution in [-0.2, 0) is 9.47 Å². The second kappa shape index (κ2) is 5.95. The van der Waals surface area contributed by atoms with Gasteiger partial charge < -0.3 is 19.7 Å². The fourth-order valence-corrected chi connectivity index (χ4v) is 1.88. The summed E-state index contributed by atoms with van der Waals surface area (Å²) in [6, 6.07) is 4.89. The first-order valence-corrected chi connectivity index (χ1v) is 5.89. The fraction of sp³-hybridized carbons (Fsp3) is 0.417. The molecule has 1 aliphatic heterocycles.